The summed E-state index contributed by atoms with van der Waals surface area (Å²) in [7, 11) is 0. The predicted octanol–water partition coefficient (Wildman–Crippen LogP) is 1.19. The number of amides is 2. The zero-order chi connectivity index (χ0) is 15.0. The molecule has 1 aromatic carbocycles. The van der Waals surface area contributed by atoms with Gasteiger partial charge in [0.2, 0.25) is 5.91 Å². The van der Waals surface area contributed by atoms with E-state index in [0.717, 1.165) is 16.7 Å². The van der Waals surface area contributed by atoms with Gasteiger partial charge < -0.3 is 9.85 Å². The van der Waals surface area contributed by atoms with E-state index in [1.54, 1.807) is 6.92 Å². The van der Waals surface area contributed by atoms with Gasteiger partial charge in [0.15, 0.2) is 6.04 Å². The van der Waals surface area contributed by atoms with Gasteiger partial charge >= 0.3 is 0 Å². The number of quaternary nitrogens is 1. The molecule has 1 N–H and O–H groups in total. The second-order valence-corrected chi connectivity index (χ2v) is 5.59. The van der Waals surface area contributed by atoms with E-state index in [1.165, 1.54) is 0 Å². The molecule has 2 aliphatic rings. The molecule has 2 atom stereocenters. The Morgan fingerprint density at radius 1 is 1.29 bits per heavy atom. The molecule has 3 rings (SSSR count). The van der Waals surface area contributed by atoms with Crippen LogP contribution in [0.4, 0.5) is 0 Å². The van der Waals surface area contributed by atoms with Gasteiger partial charge in [-0.1, -0.05) is 12.0 Å². The Bertz CT molecular complexity index is 686. The van der Waals surface area contributed by atoms with Crippen molar-refractivity contribution in [2.45, 2.75) is 38.9 Å². The van der Waals surface area contributed by atoms with Crippen molar-refractivity contribution in [1.82, 2.24) is 5.32 Å². The van der Waals surface area contributed by atoms with Gasteiger partial charge in [-0.15, -0.1) is 5.92 Å². The van der Waals surface area contributed by atoms with Gasteiger partial charge in [-0.25, -0.2) is 0 Å². The number of imide groups is 1. The minimum atomic E-state index is -0.698. The van der Waals surface area contributed by atoms with E-state index in [9.17, 15) is 14.8 Å². The Morgan fingerprint density at radius 2 is 2.05 bits per heavy atom. The number of nitrogens with zero attached hydrogens (tertiary/aromatic N) is 1. The summed E-state index contributed by atoms with van der Waals surface area (Å²) in [6.07, 6.45) is 0.561. The van der Waals surface area contributed by atoms with Crippen LogP contribution in [0.3, 0.4) is 0 Å². The smallest absolute Gasteiger partial charge is 0.285 e. The van der Waals surface area contributed by atoms with Crippen LogP contribution in [0.25, 0.3) is 0 Å². The lowest BCUT2D eigenvalue weighted by Gasteiger charge is -2.45. The fraction of sp³-hybridized carbons (Fsp3) is 0.375. The fourth-order valence-electron chi connectivity index (χ4n) is 3.13. The summed E-state index contributed by atoms with van der Waals surface area (Å²) in [6, 6.07) is 5.04. The Hall–Kier alpha value is -2.16. The van der Waals surface area contributed by atoms with Crippen LogP contribution in [0, 0.1) is 17.0 Å². The van der Waals surface area contributed by atoms with Gasteiger partial charge in [0.25, 0.3) is 5.91 Å². The number of hydrogen-bond acceptors (Lipinski definition) is 3. The molecule has 0 aromatic heterocycles. The number of rotatable bonds is 1. The van der Waals surface area contributed by atoms with Gasteiger partial charge in [-0.3, -0.25) is 14.9 Å². The van der Waals surface area contributed by atoms with Crippen LogP contribution in [0.2, 0.25) is 0 Å². The maximum atomic E-state index is 13.0. The normalized spacial score (nSPS) is 27.6. The first kappa shape index (κ1) is 13.8. The highest BCUT2D eigenvalue weighted by Gasteiger charge is 2.42. The molecule has 0 spiro atoms. The lowest BCUT2D eigenvalue weighted by Crippen LogP contribution is -2.58. The first-order valence-corrected chi connectivity index (χ1v) is 6.98. The molecule has 108 valence electrons. The number of benzene rings is 1. The molecular formula is C16H16N2O3. The lowest BCUT2D eigenvalue weighted by molar-refractivity contribution is -0.916. The van der Waals surface area contributed by atoms with E-state index < -0.39 is 16.6 Å². The highest BCUT2D eigenvalue weighted by Crippen LogP contribution is 2.34. The SMILES string of the molecule is CC#Cc1ccc2c(c1)C[N+]([O-])(C1CCC(=O)NC1=O)C2. The standard InChI is InChI=1S/C16H16N2O3/c1-2-3-11-4-5-12-9-18(21,10-13(12)8-11)14-6-7-15(19)17-16(14)20/h4-5,8,14H,6-7,9-10H2,1H3,(H,17,19,20). The molecular weight excluding hydrogens is 268 g/mol. The zero-order valence-corrected chi connectivity index (χ0v) is 11.8. The van der Waals surface area contributed by atoms with E-state index in [4.69, 9.17) is 0 Å². The molecule has 0 saturated carbocycles. The fourth-order valence-corrected chi connectivity index (χ4v) is 3.13. The minimum Gasteiger partial charge on any atom is -0.632 e. The van der Waals surface area contributed by atoms with E-state index in [1.807, 2.05) is 18.2 Å². The van der Waals surface area contributed by atoms with Crippen molar-refractivity contribution < 1.29 is 14.2 Å². The van der Waals surface area contributed by atoms with Crippen LogP contribution in [-0.2, 0) is 22.7 Å². The third-order valence-electron chi connectivity index (χ3n) is 4.13. The van der Waals surface area contributed by atoms with Crippen molar-refractivity contribution in [1.29, 1.82) is 0 Å². The molecule has 2 amide bonds. The highest BCUT2D eigenvalue weighted by molar-refractivity contribution is 5.99. The van der Waals surface area contributed by atoms with Crippen LogP contribution in [0.5, 0.6) is 0 Å². The number of carbonyl (C=O) groups is 2. The van der Waals surface area contributed by atoms with E-state index in [0.29, 0.717) is 6.42 Å². The molecule has 0 bridgehead atoms. The molecule has 1 saturated heterocycles. The summed E-state index contributed by atoms with van der Waals surface area (Å²) in [5.41, 5.74) is 2.80. The summed E-state index contributed by atoms with van der Waals surface area (Å²) in [4.78, 5) is 23.2. The van der Waals surface area contributed by atoms with Crippen LogP contribution in [-0.4, -0.2) is 22.5 Å². The first-order chi connectivity index (χ1) is 10.0. The zero-order valence-electron chi connectivity index (χ0n) is 11.8. The molecule has 2 aliphatic heterocycles. The minimum absolute atomic E-state index is 0.238. The Labute approximate surface area is 123 Å². The van der Waals surface area contributed by atoms with E-state index in [-0.39, 0.29) is 25.4 Å². The summed E-state index contributed by atoms with van der Waals surface area (Å²) in [5.74, 6) is 5.08. The number of hydrogen-bond donors (Lipinski definition) is 1. The number of piperidine rings is 1. The molecule has 0 aliphatic carbocycles. The topological polar surface area (TPSA) is 69.2 Å². The number of hydroxylamine groups is 3. The number of fused-ring (bicyclic) bond motifs is 1. The van der Waals surface area contributed by atoms with E-state index in [2.05, 4.69) is 17.2 Å². The van der Waals surface area contributed by atoms with Gasteiger partial charge in [-0.05, 0) is 19.1 Å². The third-order valence-corrected chi connectivity index (χ3v) is 4.13. The second kappa shape index (κ2) is 4.99. The maximum Gasteiger partial charge on any atom is 0.285 e. The maximum absolute atomic E-state index is 13.0. The van der Waals surface area contributed by atoms with Crippen LogP contribution in [0.1, 0.15) is 36.5 Å². The van der Waals surface area contributed by atoms with Gasteiger partial charge in [0, 0.05) is 29.5 Å². The second-order valence-electron chi connectivity index (χ2n) is 5.59. The largest absolute Gasteiger partial charge is 0.632 e. The van der Waals surface area contributed by atoms with Crippen molar-refractivity contribution in [3.8, 4) is 11.8 Å². The van der Waals surface area contributed by atoms with Crippen LogP contribution >= 0.6 is 0 Å². The highest BCUT2D eigenvalue weighted by atomic mass is 16.5. The Morgan fingerprint density at radius 3 is 2.76 bits per heavy atom. The van der Waals surface area contributed by atoms with Crippen molar-refractivity contribution in [3.05, 3.63) is 40.1 Å². The Balaban J connectivity index is 1.86. The molecule has 5 nitrogen and oxygen atoms in total. The van der Waals surface area contributed by atoms with E-state index >= 15 is 0 Å². The molecule has 2 unspecified atom stereocenters. The number of nitrogens with one attached hydrogen (secondary N) is 1. The van der Waals surface area contributed by atoms with Gasteiger partial charge in [-0.2, -0.15) is 0 Å². The summed E-state index contributed by atoms with van der Waals surface area (Å²) in [6.45, 7) is 2.31. The molecule has 21 heavy (non-hydrogen) atoms. The Kier molecular flexibility index (Phi) is 3.28. The molecule has 0 radical (unpaired) electrons. The van der Waals surface area contributed by atoms with Crippen molar-refractivity contribution in [2.75, 3.05) is 0 Å². The van der Waals surface area contributed by atoms with Crippen molar-refractivity contribution in [3.63, 3.8) is 0 Å². The number of carbonyl (C=O) groups excluding carboxylic acids is 2. The van der Waals surface area contributed by atoms with Crippen LogP contribution in [0.15, 0.2) is 18.2 Å². The van der Waals surface area contributed by atoms with Crippen molar-refractivity contribution in [2.24, 2.45) is 0 Å². The molecule has 1 aromatic rings. The third kappa shape index (κ3) is 2.44. The lowest BCUT2D eigenvalue weighted by atomic mass is 10.0. The molecule has 2 heterocycles. The quantitative estimate of drug-likeness (QED) is 0.364. The van der Waals surface area contributed by atoms with Crippen LogP contribution < -0.4 is 5.32 Å². The average Bonchev–Trinajstić information content (AvgIpc) is 2.75. The summed E-state index contributed by atoms with van der Waals surface area (Å²) < 4.78 is -0.600. The van der Waals surface area contributed by atoms with Gasteiger partial charge in [0.05, 0.1) is 0 Å². The predicted molar refractivity (Wildman–Crippen MR) is 76.2 cm³/mol. The average molecular weight is 284 g/mol. The monoisotopic (exact) mass is 284 g/mol. The summed E-state index contributed by atoms with van der Waals surface area (Å²) in [5, 5.41) is 15.3. The summed E-state index contributed by atoms with van der Waals surface area (Å²) >= 11 is 0. The van der Waals surface area contributed by atoms with Crippen molar-refractivity contribution >= 4 is 11.8 Å². The first-order valence-electron chi connectivity index (χ1n) is 6.98. The molecule has 5 heteroatoms. The van der Waals surface area contributed by atoms with Gasteiger partial charge in [0.1, 0.15) is 13.1 Å². The molecule has 1 fully saturated rings.